The fraction of sp³-hybridized carbons (Fsp3) is 0.263. The monoisotopic (exact) mass is 359 g/mol. The van der Waals surface area contributed by atoms with E-state index < -0.39 is 11.6 Å². The topological polar surface area (TPSA) is 29.0 Å². The van der Waals surface area contributed by atoms with Gasteiger partial charge in [-0.3, -0.25) is 0 Å². The van der Waals surface area contributed by atoms with E-state index in [2.05, 4.69) is 14.9 Å². The normalized spacial score (nSPS) is 14.9. The Hall–Kier alpha value is -2.27. The van der Waals surface area contributed by atoms with E-state index in [1.807, 2.05) is 0 Å². The zero-order valence-electron chi connectivity index (χ0n) is 13.5. The Morgan fingerprint density at radius 1 is 0.920 bits per heavy atom. The smallest absolute Gasteiger partial charge is 0.149 e. The number of anilines is 1. The van der Waals surface area contributed by atoms with E-state index in [1.54, 1.807) is 12.1 Å². The minimum Gasteiger partial charge on any atom is -0.356 e. The van der Waals surface area contributed by atoms with Crippen LogP contribution in [0.2, 0.25) is 5.02 Å². The molecule has 2 aromatic carbocycles. The van der Waals surface area contributed by atoms with Gasteiger partial charge in [0.25, 0.3) is 0 Å². The van der Waals surface area contributed by atoms with Crippen LogP contribution in [-0.4, -0.2) is 23.1 Å². The van der Waals surface area contributed by atoms with Crippen LogP contribution in [0.1, 0.15) is 19.3 Å². The van der Waals surface area contributed by atoms with Crippen molar-refractivity contribution in [1.82, 2.24) is 9.97 Å². The predicted octanol–water partition coefficient (Wildman–Crippen LogP) is 5.22. The van der Waals surface area contributed by atoms with Crippen LogP contribution in [0.4, 0.5) is 14.6 Å². The molecule has 1 aliphatic rings. The van der Waals surface area contributed by atoms with E-state index in [-0.39, 0.29) is 10.5 Å². The second-order valence-electron chi connectivity index (χ2n) is 6.19. The molecule has 1 fully saturated rings. The molecule has 0 N–H and O–H groups in total. The van der Waals surface area contributed by atoms with Crippen molar-refractivity contribution in [3.05, 3.63) is 53.3 Å². The Morgan fingerprint density at radius 3 is 2.48 bits per heavy atom. The Morgan fingerprint density at radius 2 is 1.72 bits per heavy atom. The Balaban J connectivity index is 1.97. The summed E-state index contributed by atoms with van der Waals surface area (Å²) >= 11 is 5.80. The number of hydrogen-bond acceptors (Lipinski definition) is 3. The van der Waals surface area contributed by atoms with Crippen LogP contribution in [0, 0.1) is 11.6 Å². The van der Waals surface area contributed by atoms with Crippen LogP contribution in [0.3, 0.4) is 0 Å². The zero-order valence-corrected chi connectivity index (χ0v) is 14.2. The largest absolute Gasteiger partial charge is 0.356 e. The van der Waals surface area contributed by atoms with Gasteiger partial charge in [-0.25, -0.2) is 18.7 Å². The molecule has 1 aliphatic heterocycles. The van der Waals surface area contributed by atoms with Gasteiger partial charge in [-0.1, -0.05) is 23.7 Å². The van der Waals surface area contributed by atoms with E-state index in [9.17, 15) is 8.78 Å². The van der Waals surface area contributed by atoms with Crippen LogP contribution >= 0.6 is 11.6 Å². The maximum absolute atomic E-state index is 14.4. The first-order chi connectivity index (χ1) is 12.1. The minimum atomic E-state index is -0.506. The van der Waals surface area contributed by atoms with Crippen LogP contribution in [0.25, 0.3) is 22.0 Å². The molecule has 0 bridgehead atoms. The number of aromatic nitrogens is 2. The number of nitrogens with zero attached hydrogens (tertiary/aromatic N) is 3. The molecule has 0 radical (unpaired) electrons. The van der Waals surface area contributed by atoms with Crippen LogP contribution < -0.4 is 4.90 Å². The van der Waals surface area contributed by atoms with Crippen molar-refractivity contribution in [1.29, 1.82) is 0 Å². The zero-order chi connectivity index (χ0) is 17.4. The molecule has 0 saturated carbocycles. The molecule has 0 aliphatic carbocycles. The van der Waals surface area contributed by atoms with Gasteiger partial charge in [0.15, 0.2) is 0 Å². The molecule has 1 aromatic heterocycles. The van der Waals surface area contributed by atoms with Crippen molar-refractivity contribution in [3.63, 3.8) is 0 Å². The molecule has 0 spiro atoms. The molecule has 0 atom stereocenters. The molecule has 4 rings (SSSR count). The summed E-state index contributed by atoms with van der Waals surface area (Å²) in [6, 6.07) is 7.60. The van der Waals surface area contributed by atoms with Crippen molar-refractivity contribution in [2.24, 2.45) is 0 Å². The summed E-state index contributed by atoms with van der Waals surface area (Å²) in [5, 5.41) is 0.675. The van der Waals surface area contributed by atoms with Crippen molar-refractivity contribution in [2.75, 3.05) is 18.0 Å². The Labute approximate surface area is 149 Å². The molecule has 25 heavy (non-hydrogen) atoms. The summed E-state index contributed by atoms with van der Waals surface area (Å²) in [4.78, 5) is 10.7. The summed E-state index contributed by atoms with van der Waals surface area (Å²) < 4.78 is 28.3. The lowest BCUT2D eigenvalue weighted by molar-refractivity contribution is 0.574. The summed E-state index contributed by atoms with van der Waals surface area (Å²) in [5.41, 5.74) is 1.58. The SMILES string of the molecule is Fc1cc(-c2ccc(F)c3ncnc(N4CCCCC4)c23)ccc1Cl. The van der Waals surface area contributed by atoms with Crippen molar-refractivity contribution in [3.8, 4) is 11.1 Å². The molecule has 1 saturated heterocycles. The van der Waals surface area contributed by atoms with Crippen LogP contribution in [-0.2, 0) is 0 Å². The van der Waals surface area contributed by atoms with Crippen molar-refractivity contribution >= 4 is 28.3 Å². The minimum absolute atomic E-state index is 0.0580. The van der Waals surface area contributed by atoms with Crippen LogP contribution in [0.5, 0.6) is 0 Å². The second kappa shape index (κ2) is 6.56. The van der Waals surface area contributed by atoms with Gasteiger partial charge in [-0.05, 0) is 48.6 Å². The van der Waals surface area contributed by atoms with Crippen molar-refractivity contribution < 1.29 is 8.78 Å². The fourth-order valence-electron chi connectivity index (χ4n) is 3.37. The summed E-state index contributed by atoms with van der Waals surface area (Å²) in [5.74, 6) is -0.212. The highest BCUT2D eigenvalue weighted by Crippen LogP contribution is 2.36. The lowest BCUT2D eigenvalue weighted by Gasteiger charge is -2.29. The fourth-order valence-corrected chi connectivity index (χ4v) is 3.49. The molecule has 6 heteroatoms. The first-order valence-corrected chi connectivity index (χ1v) is 8.66. The van der Waals surface area contributed by atoms with Gasteiger partial charge >= 0.3 is 0 Å². The van der Waals surface area contributed by atoms with Gasteiger partial charge in [0.05, 0.1) is 10.4 Å². The third kappa shape index (κ3) is 2.93. The number of fused-ring (bicyclic) bond motifs is 1. The number of piperidine rings is 1. The van der Waals surface area contributed by atoms with Gasteiger partial charge in [0.2, 0.25) is 0 Å². The summed E-state index contributed by atoms with van der Waals surface area (Å²) in [7, 11) is 0. The quantitative estimate of drug-likeness (QED) is 0.628. The molecular formula is C19H16ClF2N3. The van der Waals surface area contributed by atoms with Gasteiger partial charge in [0.1, 0.15) is 29.3 Å². The second-order valence-corrected chi connectivity index (χ2v) is 6.60. The molecular weight excluding hydrogens is 344 g/mol. The predicted molar refractivity (Wildman–Crippen MR) is 96.0 cm³/mol. The Kier molecular flexibility index (Phi) is 4.25. The number of halogens is 3. The highest BCUT2D eigenvalue weighted by molar-refractivity contribution is 6.30. The standard InChI is InChI=1S/C19H16ClF2N3/c20-14-6-4-12(10-16(14)22)13-5-7-15(21)18-17(13)19(24-11-23-18)25-8-2-1-3-9-25/h4-7,10-11H,1-3,8-9H2. The Bertz CT molecular complexity index is 939. The van der Waals surface area contributed by atoms with Crippen LogP contribution in [0.15, 0.2) is 36.7 Å². The number of rotatable bonds is 2. The van der Waals surface area contributed by atoms with E-state index in [0.29, 0.717) is 22.3 Å². The van der Waals surface area contributed by atoms with Gasteiger partial charge < -0.3 is 4.90 Å². The lowest BCUT2D eigenvalue weighted by Crippen LogP contribution is -2.30. The third-order valence-electron chi connectivity index (χ3n) is 4.61. The molecule has 3 aromatic rings. The van der Waals surface area contributed by atoms with Gasteiger partial charge in [-0.2, -0.15) is 0 Å². The average molecular weight is 360 g/mol. The maximum Gasteiger partial charge on any atom is 0.149 e. The number of benzene rings is 2. The highest BCUT2D eigenvalue weighted by Gasteiger charge is 2.20. The van der Waals surface area contributed by atoms with Gasteiger partial charge in [0, 0.05) is 13.1 Å². The highest BCUT2D eigenvalue weighted by atomic mass is 35.5. The molecule has 0 amide bonds. The maximum atomic E-state index is 14.4. The van der Waals surface area contributed by atoms with E-state index in [1.165, 1.54) is 30.9 Å². The molecule has 128 valence electrons. The summed E-state index contributed by atoms with van der Waals surface area (Å²) in [6.45, 7) is 1.74. The van der Waals surface area contributed by atoms with E-state index >= 15 is 0 Å². The number of hydrogen-bond donors (Lipinski definition) is 0. The van der Waals surface area contributed by atoms with Gasteiger partial charge in [-0.15, -0.1) is 0 Å². The molecule has 0 unspecified atom stereocenters. The third-order valence-corrected chi connectivity index (χ3v) is 4.91. The van der Waals surface area contributed by atoms with E-state index in [4.69, 9.17) is 11.6 Å². The van der Waals surface area contributed by atoms with Crippen molar-refractivity contribution in [2.45, 2.75) is 19.3 Å². The first-order valence-electron chi connectivity index (χ1n) is 8.29. The molecule has 2 heterocycles. The van der Waals surface area contributed by atoms with E-state index in [0.717, 1.165) is 25.9 Å². The average Bonchev–Trinajstić information content (AvgIpc) is 2.65. The lowest BCUT2D eigenvalue weighted by atomic mass is 9.99. The first kappa shape index (κ1) is 16.2. The molecule has 3 nitrogen and oxygen atoms in total. The summed E-state index contributed by atoms with van der Waals surface area (Å²) in [6.07, 6.45) is 4.72.